The van der Waals surface area contributed by atoms with Gasteiger partial charge in [-0.25, -0.2) is 4.99 Å². The number of fused-ring (bicyclic) bond motifs is 1. The lowest BCUT2D eigenvalue weighted by atomic mass is 10.1. The largest absolute Gasteiger partial charge is 0.450 e. The number of aromatic nitrogens is 1. The van der Waals surface area contributed by atoms with Gasteiger partial charge in [0.1, 0.15) is 5.76 Å². The average molecular weight is 458 g/mol. The third kappa shape index (κ3) is 4.35. The van der Waals surface area contributed by atoms with Crippen molar-refractivity contribution in [1.82, 2.24) is 10.3 Å². The van der Waals surface area contributed by atoms with E-state index in [4.69, 9.17) is 4.42 Å². The Labute approximate surface area is 194 Å². The predicted molar refractivity (Wildman–Crippen MR) is 131 cm³/mol. The molecule has 0 spiro atoms. The highest BCUT2D eigenvalue weighted by Gasteiger charge is 2.24. The molecule has 0 saturated carbocycles. The van der Waals surface area contributed by atoms with Crippen molar-refractivity contribution in [2.24, 2.45) is 4.99 Å². The SMILES string of the molecule is Cc1ccc(N=C2NC(=O)/C(=C/c3ccc(Sc4cccc5cccnc45)o3)S2)cc1C. The minimum absolute atomic E-state index is 0.179. The molecule has 32 heavy (non-hydrogen) atoms. The molecule has 5 rings (SSSR count). The summed E-state index contributed by atoms with van der Waals surface area (Å²) in [5.41, 5.74) is 4.13. The maximum atomic E-state index is 12.4. The van der Waals surface area contributed by atoms with Gasteiger partial charge in [-0.1, -0.05) is 24.3 Å². The minimum atomic E-state index is -0.179. The summed E-state index contributed by atoms with van der Waals surface area (Å²) < 4.78 is 5.95. The maximum Gasteiger partial charge on any atom is 0.264 e. The highest BCUT2D eigenvalue weighted by molar-refractivity contribution is 8.18. The number of furan rings is 1. The molecule has 2 aromatic heterocycles. The Balaban J connectivity index is 1.34. The van der Waals surface area contributed by atoms with E-state index in [9.17, 15) is 4.79 Å². The van der Waals surface area contributed by atoms with Crippen molar-refractivity contribution in [3.63, 3.8) is 0 Å². The van der Waals surface area contributed by atoms with Crippen LogP contribution in [0.3, 0.4) is 0 Å². The Morgan fingerprint density at radius 1 is 1.06 bits per heavy atom. The summed E-state index contributed by atoms with van der Waals surface area (Å²) in [6.07, 6.45) is 3.53. The molecular weight excluding hydrogens is 438 g/mol. The van der Waals surface area contributed by atoms with Gasteiger partial charge in [-0.15, -0.1) is 0 Å². The topological polar surface area (TPSA) is 67.5 Å². The smallest absolute Gasteiger partial charge is 0.264 e. The molecule has 7 heteroatoms. The van der Waals surface area contributed by atoms with Crippen LogP contribution in [-0.4, -0.2) is 16.1 Å². The molecule has 0 aliphatic carbocycles. The van der Waals surface area contributed by atoms with Crippen molar-refractivity contribution in [3.05, 3.63) is 88.7 Å². The van der Waals surface area contributed by atoms with Crippen molar-refractivity contribution in [1.29, 1.82) is 0 Å². The molecule has 0 radical (unpaired) electrons. The molecule has 1 aliphatic heterocycles. The number of amidine groups is 1. The third-order valence-corrected chi connectivity index (χ3v) is 6.93. The van der Waals surface area contributed by atoms with Crippen LogP contribution in [0.5, 0.6) is 0 Å². The van der Waals surface area contributed by atoms with E-state index in [1.165, 1.54) is 34.7 Å². The second-order valence-electron chi connectivity index (χ2n) is 7.34. The van der Waals surface area contributed by atoms with Crippen LogP contribution in [0.25, 0.3) is 17.0 Å². The monoisotopic (exact) mass is 457 g/mol. The van der Waals surface area contributed by atoms with E-state index in [1.54, 1.807) is 12.3 Å². The van der Waals surface area contributed by atoms with Gasteiger partial charge in [0.2, 0.25) is 0 Å². The van der Waals surface area contributed by atoms with Gasteiger partial charge >= 0.3 is 0 Å². The number of amides is 1. The molecule has 2 aromatic carbocycles. The van der Waals surface area contributed by atoms with Crippen molar-refractivity contribution in [2.45, 2.75) is 23.8 Å². The van der Waals surface area contributed by atoms with Gasteiger partial charge < -0.3 is 9.73 Å². The van der Waals surface area contributed by atoms with Crippen LogP contribution >= 0.6 is 23.5 Å². The quantitative estimate of drug-likeness (QED) is 0.355. The summed E-state index contributed by atoms with van der Waals surface area (Å²) in [5.74, 6) is 0.437. The van der Waals surface area contributed by atoms with Crippen molar-refractivity contribution >= 4 is 57.3 Å². The molecule has 3 heterocycles. The van der Waals surface area contributed by atoms with Crippen molar-refractivity contribution in [2.75, 3.05) is 0 Å². The van der Waals surface area contributed by atoms with Crippen LogP contribution in [0.2, 0.25) is 0 Å². The summed E-state index contributed by atoms with van der Waals surface area (Å²) in [6.45, 7) is 4.11. The maximum absolute atomic E-state index is 12.4. The zero-order valence-corrected chi connectivity index (χ0v) is 19.1. The van der Waals surface area contributed by atoms with Gasteiger partial charge in [0, 0.05) is 22.6 Å². The highest BCUT2D eigenvalue weighted by Crippen LogP contribution is 2.35. The molecule has 1 aliphatic rings. The molecule has 5 nitrogen and oxygen atoms in total. The molecule has 1 fully saturated rings. The number of carbonyl (C=O) groups excluding carboxylic acids is 1. The number of carbonyl (C=O) groups is 1. The first-order valence-corrected chi connectivity index (χ1v) is 11.7. The van der Waals surface area contributed by atoms with Crippen LogP contribution < -0.4 is 5.32 Å². The molecule has 0 bridgehead atoms. The molecular formula is C25H19N3O2S2. The average Bonchev–Trinajstić information content (AvgIpc) is 3.37. The number of aryl methyl sites for hydroxylation is 2. The second kappa shape index (κ2) is 8.68. The number of nitrogens with zero attached hydrogens (tertiary/aromatic N) is 2. The molecule has 4 aromatic rings. The van der Waals surface area contributed by atoms with Gasteiger partial charge in [0.25, 0.3) is 5.91 Å². The van der Waals surface area contributed by atoms with Gasteiger partial charge in [-0.2, -0.15) is 0 Å². The van der Waals surface area contributed by atoms with E-state index in [-0.39, 0.29) is 5.91 Å². The van der Waals surface area contributed by atoms with E-state index >= 15 is 0 Å². The first kappa shape index (κ1) is 20.6. The number of thioether (sulfide) groups is 1. The highest BCUT2D eigenvalue weighted by atomic mass is 32.2. The predicted octanol–water partition coefficient (Wildman–Crippen LogP) is 6.49. The number of hydrogen-bond donors (Lipinski definition) is 1. The number of rotatable bonds is 4. The normalized spacial score (nSPS) is 16.2. The van der Waals surface area contributed by atoms with Crippen molar-refractivity contribution < 1.29 is 9.21 Å². The Kier molecular flexibility index (Phi) is 5.59. The van der Waals surface area contributed by atoms with Gasteiger partial charge in [-0.05, 0) is 84.9 Å². The third-order valence-electron chi connectivity index (χ3n) is 5.05. The number of nitrogens with one attached hydrogen (secondary N) is 1. The zero-order valence-electron chi connectivity index (χ0n) is 17.5. The first-order valence-electron chi connectivity index (χ1n) is 10.0. The zero-order chi connectivity index (χ0) is 22.1. The number of hydrogen-bond acceptors (Lipinski definition) is 6. The number of para-hydroxylation sites is 1. The first-order chi connectivity index (χ1) is 15.5. The lowest BCUT2D eigenvalue weighted by Crippen LogP contribution is -2.19. The molecule has 0 unspecified atom stereocenters. The van der Waals surface area contributed by atoms with Crippen LogP contribution in [0, 0.1) is 13.8 Å². The Morgan fingerprint density at radius 3 is 2.81 bits per heavy atom. The van der Waals surface area contributed by atoms with Crippen LogP contribution in [0.15, 0.2) is 91.2 Å². The standard InChI is InChI=1S/C25H19N3O2S2/c1-15-8-9-18(13-16(15)2)27-25-28-24(29)21(32-25)14-19-10-11-22(30-19)31-20-7-3-5-17-6-4-12-26-23(17)20/h3-14H,1-2H3,(H,27,28,29)/b21-14-. The fourth-order valence-electron chi connectivity index (χ4n) is 3.26. The number of aliphatic imine (C=N–C) groups is 1. The van der Waals surface area contributed by atoms with Crippen LogP contribution in [0.4, 0.5) is 5.69 Å². The summed E-state index contributed by atoms with van der Waals surface area (Å²) in [6, 6.07) is 19.8. The van der Waals surface area contributed by atoms with Crippen LogP contribution in [0.1, 0.15) is 16.9 Å². The minimum Gasteiger partial charge on any atom is -0.450 e. The summed E-state index contributed by atoms with van der Waals surface area (Å²) in [5, 5.41) is 5.21. The molecule has 0 atom stereocenters. The summed E-state index contributed by atoms with van der Waals surface area (Å²) in [7, 11) is 0. The molecule has 1 N–H and O–H groups in total. The Morgan fingerprint density at radius 2 is 1.94 bits per heavy atom. The lowest BCUT2D eigenvalue weighted by Gasteiger charge is -2.02. The lowest BCUT2D eigenvalue weighted by molar-refractivity contribution is -0.115. The van der Waals surface area contributed by atoms with E-state index < -0.39 is 0 Å². The van der Waals surface area contributed by atoms with E-state index in [0.717, 1.165) is 26.6 Å². The van der Waals surface area contributed by atoms with Gasteiger partial charge in [0.15, 0.2) is 10.3 Å². The number of benzene rings is 2. The van der Waals surface area contributed by atoms with E-state index in [2.05, 4.69) is 22.2 Å². The van der Waals surface area contributed by atoms with Crippen LogP contribution in [-0.2, 0) is 4.79 Å². The van der Waals surface area contributed by atoms with Crippen molar-refractivity contribution in [3.8, 4) is 0 Å². The number of pyridine rings is 1. The van der Waals surface area contributed by atoms with Gasteiger partial charge in [-0.3, -0.25) is 9.78 Å². The Hall–Kier alpha value is -3.29. The summed E-state index contributed by atoms with van der Waals surface area (Å²) >= 11 is 2.82. The molecule has 1 saturated heterocycles. The molecule has 1 amide bonds. The van der Waals surface area contributed by atoms with Gasteiger partial charge in [0.05, 0.1) is 16.1 Å². The fraction of sp³-hybridized carbons (Fsp3) is 0.0800. The van der Waals surface area contributed by atoms with E-state index in [1.807, 2.05) is 67.6 Å². The van der Waals surface area contributed by atoms with E-state index in [0.29, 0.717) is 15.8 Å². The molecule has 158 valence electrons. The fourth-order valence-corrected chi connectivity index (χ4v) is 4.98. The summed E-state index contributed by atoms with van der Waals surface area (Å²) in [4.78, 5) is 23.0. The second-order valence-corrected chi connectivity index (χ2v) is 9.42. The Bertz CT molecular complexity index is 1400.